The predicted octanol–water partition coefficient (Wildman–Crippen LogP) is 1.66. The van der Waals surface area contributed by atoms with Gasteiger partial charge in [-0.3, -0.25) is 9.69 Å². The Morgan fingerprint density at radius 2 is 1.64 bits per heavy atom. The van der Waals surface area contributed by atoms with Gasteiger partial charge in [-0.2, -0.15) is 4.31 Å². The summed E-state index contributed by atoms with van der Waals surface area (Å²) in [6.45, 7) is 0.237. The number of carbonyl (C=O) groups excluding carboxylic acids is 2. The van der Waals surface area contributed by atoms with E-state index in [1.165, 1.54) is 21.3 Å². The van der Waals surface area contributed by atoms with Crippen molar-refractivity contribution in [3.8, 4) is 0 Å². The van der Waals surface area contributed by atoms with Gasteiger partial charge in [-0.15, -0.1) is 0 Å². The van der Waals surface area contributed by atoms with Crippen LogP contribution in [0.1, 0.15) is 5.56 Å². The molecule has 0 N–H and O–H groups in total. The topological polar surface area (TPSA) is 78.0 Å². The number of urea groups is 1. The number of amides is 3. The van der Waals surface area contributed by atoms with E-state index >= 15 is 0 Å². The van der Waals surface area contributed by atoms with E-state index in [1.54, 1.807) is 0 Å². The van der Waals surface area contributed by atoms with E-state index in [0.717, 1.165) is 22.6 Å². The summed E-state index contributed by atoms with van der Waals surface area (Å²) < 4.78 is 39.9. The number of hydrogen-bond donors (Lipinski definition) is 0. The smallest absolute Gasteiger partial charge is 0.310 e. The minimum atomic E-state index is -3.88. The molecule has 3 amide bonds. The fourth-order valence-electron chi connectivity index (χ4n) is 3.51. The molecular weight excluding hydrogens is 385 g/mol. The summed E-state index contributed by atoms with van der Waals surface area (Å²) in [5, 5.41) is 0. The quantitative estimate of drug-likeness (QED) is 0.728. The van der Waals surface area contributed by atoms with Crippen LogP contribution in [0.4, 0.5) is 9.18 Å². The highest BCUT2D eigenvalue weighted by Gasteiger charge is 2.49. The fraction of sp³-hybridized carbons (Fsp3) is 0.263. The van der Waals surface area contributed by atoms with Crippen LogP contribution in [0.3, 0.4) is 0 Å². The monoisotopic (exact) mass is 403 g/mol. The molecule has 2 aliphatic heterocycles. The van der Waals surface area contributed by atoms with E-state index in [0.29, 0.717) is 0 Å². The van der Waals surface area contributed by atoms with Crippen LogP contribution >= 0.6 is 0 Å². The summed E-state index contributed by atoms with van der Waals surface area (Å²) in [5.74, 6) is -0.940. The number of imide groups is 1. The normalized spacial score (nSPS) is 20.5. The number of hydrogen-bond acceptors (Lipinski definition) is 4. The Labute approximate surface area is 162 Å². The highest BCUT2D eigenvalue weighted by Crippen LogP contribution is 2.27. The first-order chi connectivity index (χ1) is 13.4. The van der Waals surface area contributed by atoms with Gasteiger partial charge in [-0.1, -0.05) is 30.3 Å². The van der Waals surface area contributed by atoms with E-state index in [2.05, 4.69) is 0 Å². The van der Waals surface area contributed by atoms with Crippen LogP contribution in [-0.4, -0.2) is 60.1 Å². The summed E-state index contributed by atoms with van der Waals surface area (Å²) in [6.07, 6.45) is 0. The molecule has 2 aromatic carbocycles. The molecule has 2 saturated heterocycles. The Hall–Kier alpha value is -2.78. The minimum absolute atomic E-state index is 0.0414. The molecule has 0 saturated carbocycles. The number of fused-ring (bicyclic) bond motifs is 1. The van der Waals surface area contributed by atoms with Gasteiger partial charge in [0.2, 0.25) is 10.0 Å². The van der Waals surface area contributed by atoms with Gasteiger partial charge in [0, 0.05) is 19.6 Å². The molecule has 9 heteroatoms. The second kappa shape index (κ2) is 6.99. The van der Waals surface area contributed by atoms with E-state index in [1.807, 2.05) is 30.3 Å². The first-order valence-corrected chi connectivity index (χ1v) is 10.2. The molecule has 0 radical (unpaired) electrons. The van der Waals surface area contributed by atoms with Gasteiger partial charge >= 0.3 is 6.03 Å². The average molecular weight is 403 g/mol. The van der Waals surface area contributed by atoms with Crippen molar-refractivity contribution in [2.45, 2.75) is 17.5 Å². The molecule has 0 bridgehead atoms. The highest BCUT2D eigenvalue weighted by molar-refractivity contribution is 7.89. The molecule has 0 aliphatic carbocycles. The third-order valence-electron chi connectivity index (χ3n) is 5.01. The molecule has 0 aromatic heterocycles. The summed E-state index contributed by atoms with van der Waals surface area (Å²) in [5.41, 5.74) is 0.819. The third-order valence-corrected chi connectivity index (χ3v) is 6.89. The standard InChI is InChI=1S/C19H18FN3O4S/c20-15-6-8-16(9-7-15)28(26,27)21-10-11-22-17(13-21)18(24)23(19(22)25)12-14-4-2-1-3-5-14/h1-9,17H,10-13H2/t17-/m0/s1. The van der Waals surface area contributed by atoms with Crippen LogP contribution in [-0.2, 0) is 21.4 Å². The van der Waals surface area contributed by atoms with Crippen LogP contribution in [0.2, 0.25) is 0 Å². The number of carbonyl (C=O) groups is 2. The molecule has 0 unspecified atom stereocenters. The van der Waals surface area contributed by atoms with Gasteiger partial charge in [-0.05, 0) is 29.8 Å². The van der Waals surface area contributed by atoms with Gasteiger partial charge in [0.05, 0.1) is 11.4 Å². The molecular formula is C19H18FN3O4S. The molecule has 2 heterocycles. The van der Waals surface area contributed by atoms with Crippen LogP contribution < -0.4 is 0 Å². The number of rotatable bonds is 4. The first-order valence-electron chi connectivity index (χ1n) is 8.79. The maximum atomic E-state index is 13.1. The maximum absolute atomic E-state index is 13.1. The molecule has 4 rings (SSSR count). The summed E-state index contributed by atoms with van der Waals surface area (Å²) in [6, 6.07) is 12.4. The van der Waals surface area contributed by atoms with E-state index < -0.39 is 33.8 Å². The molecule has 28 heavy (non-hydrogen) atoms. The zero-order valence-corrected chi connectivity index (χ0v) is 15.7. The van der Waals surface area contributed by atoms with Crippen molar-refractivity contribution in [3.63, 3.8) is 0 Å². The van der Waals surface area contributed by atoms with Crippen LogP contribution in [0.15, 0.2) is 59.5 Å². The lowest BCUT2D eigenvalue weighted by molar-refractivity contribution is -0.129. The largest absolute Gasteiger partial charge is 0.327 e. The van der Waals surface area contributed by atoms with Crippen molar-refractivity contribution in [1.29, 1.82) is 0 Å². The Kier molecular flexibility index (Phi) is 4.64. The Balaban J connectivity index is 1.54. The van der Waals surface area contributed by atoms with Crippen LogP contribution in [0.5, 0.6) is 0 Å². The Morgan fingerprint density at radius 3 is 2.32 bits per heavy atom. The number of halogens is 1. The lowest BCUT2D eigenvalue weighted by atomic mass is 10.2. The maximum Gasteiger partial charge on any atom is 0.327 e. The van der Waals surface area contributed by atoms with Crippen molar-refractivity contribution in [3.05, 3.63) is 66.0 Å². The number of piperazine rings is 1. The summed E-state index contributed by atoms with van der Waals surface area (Å²) in [7, 11) is -3.88. The molecule has 2 aliphatic rings. The lowest BCUT2D eigenvalue weighted by Gasteiger charge is -2.34. The van der Waals surface area contributed by atoms with Crippen molar-refractivity contribution in [2.75, 3.05) is 19.6 Å². The highest BCUT2D eigenvalue weighted by atomic mass is 32.2. The van der Waals surface area contributed by atoms with Crippen molar-refractivity contribution in [2.24, 2.45) is 0 Å². The predicted molar refractivity (Wildman–Crippen MR) is 98.0 cm³/mol. The van der Waals surface area contributed by atoms with Gasteiger partial charge in [0.25, 0.3) is 5.91 Å². The van der Waals surface area contributed by atoms with Gasteiger partial charge in [0.15, 0.2) is 0 Å². The van der Waals surface area contributed by atoms with Crippen molar-refractivity contribution in [1.82, 2.24) is 14.1 Å². The lowest BCUT2D eigenvalue weighted by Crippen LogP contribution is -2.54. The average Bonchev–Trinajstić information content (AvgIpc) is 2.93. The van der Waals surface area contributed by atoms with Gasteiger partial charge in [-0.25, -0.2) is 17.6 Å². The van der Waals surface area contributed by atoms with Crippen molar-refractivity contribution >= 4 is 22.0 Å². The van der Waals surface area contributed by atoms with E-state index in [4.69, 9.17) is 0 Å². The molecule has 146 valence electrons. The first kappa shape index (κ1) is 18.6. The van der Waals surface area contributed by atoms with Crippen molar-refractivity contribution < 1.29 is 22.4 Å². The second-order valence-electron chi connectivity index (χ2n) is 6.72. The van der Waals surface area contributed by atoms with Crippen LogP contribution in [0, 0.1) is 5.82 Å². The van der Waals surface area contributed by atoms with Crippen LogP contribution in [0.25, 0.3) is 0 Å². The Bertz CT molecular complexity index is 1010. The number of benzene rings is 2. The Morgan fingerprint density at radius 1 is 0.964 bits per heavy atom. The second-order valence-corrected chi connectivity index (χ2v) is 8.66. The summed E-state index contributed by atoms with van der Waals surface area (Å²) in [4.78, 5) is 28.0. The van der Waals surface area contributed by atoms with E-state index in [-0.39, 0.29) is 31.1 Å². The summed E-state index contributed by atoms with van der Waals surface area (Å²) >= 11 is 0. The van der Waals surface area contributed by atoms with E-state index in [9.17, 15) is 22.4 Å². The zero-order valence-electron chi connectivity index (χ0n) is 14.9. The minimum Gasteiger partial charge on any atom is -0.310 e. The van der Waals surface area contributed by atoms with Gasteiger partial charge in [0.1, 0.15) is 11.9 Å². The molecule has 2 aromatic rings. The molecule has 1 atom stereocenters. The SMILES string of the molecule is O=C1[C@@H]2CN(S(=O)(=O)c3ccc(F)cc3)CCN2C(=O)N1Cc1ccccc1. The molecule has 7 nitrogen and oxygen atoms in total. The molecule has 2 fully saturated rings. The van der Waals surface area contributed by atoms with Gasteiger partial charge < -0.3 is 4.90 Å². The molecule has 0 spiro atoms. The third kappa shape index (κ3) is 3.16. The number of nitrogens with zero attached hydrogens (tertiary/aromatic N) is 3. The number of sulfonamides is 1. The fourth-order valence-corrected chi connectivity index (χ4v) is 4.95. The zero-order chi connectivity index (χ0) is 19.9.